The molecule has 90 valence electrons. The minimum absolute atomic E-state index is 0.375. The Morgan fingerprint density at radius 1 is 1.18 bits per heavy atom. The maximum absolute atomic E-state index is 11.9. The molecule has 2 rings (SSSR count). The molecule has 0 saturated carbocycles. The van der Waals surface area contributed by atoms with Crippen molar-refractivity contribution in [3.05, 3.63) is 35.4 Å². The van der Waals surface area contributed by atoms with Crippen molar-refractivity contribution in [2.24, 2.45) is 0 Å². The molecule has 0 radical (unpaired) electrons. The summed E-state index contributed by atoms with van der Waals surface area (Å²) in [5.41, 5.74) is 0.775. The van der Waals surface area contributed by atoms with Crippen LogP contribution in [0.2, 0.25) is 0 Å². The molecule has 17 heavy (non-hydrogen) atoms. The first kappa shape index (κ1) is 12.3. The van der Waals surface area contributed by atoms with E-state index in [0.29, 0.717) is 16.9 Å². The van der Waals surface area contributed by atoms with Crippen LogP contribution in [0.15, 0.2) is 24.3 Å². The lowest BCUT2D eigenvalue weighted by atomic mass is 10.1. The lowest BCUT2D eigenvalue weighted by Gasteiger charge is -2.10. The van der Waals surface area contributed by atoms with Gasteiger partial charge in [0.15, 0.2) is 0 Å². The molecule has 0 spiro atoms. The van der Waals surface area contributed by atoms with Crippen molar-refractivity contribution in [2.45, 2.75) is 13.3 Å². The molecule has 1 aliphatic heterocycles. The van der Waals surface area contributed by atoms with Crippen molar-refractivity contribution in [1.29, 1.82) is 0 Å². The van der Waals surface area contributed by atoms with E-state index >= 15 is 0 Å². The van der Waals surface area contributed by atoms with E-state index in [4.69, 9.17) is 0 Å². The van der Waals surface area contributed by atoms with E-state index < -0.39 is 9.83 Å². The van der Waals surface area contributed by atoms with Gasteiger partial charge in [0.1, 0.15) is 9.83 Å². The van der Waals surface area contributed by atoms with Crippen LogP contribution in [0.25, 0.3) is 0 Å². The van der Waals surface area contributed by atoms with Gasteiger partial charge in [-0.3, -0.25) is 9.59 Å². The van der Waals surface area contributed by atoms with Gasteiger partial charge in [-0.15, -0.1) is 0 Å². The van der Waals surface area contributed by atoms with E-state index in [1.165, 1.54) is 0 Å². The molecular weight excluding hydrogens is 258 g/mol. The third-order valence-electron chi connectivity index (χ3n) is 2.29. The minimum atomic E-state index is -1.24. The van der Waals surface area contributed by atoms with Gasteiger partial charge in [0.2, 0.25) is 0 Å². The maximum Gasteiger partial charge on any atom is 0.272 e. The van der Waals surface area contributed by atoms with Gasteiger partial charge in [-0.2, -0.15) is 0 Å². The maximum atomic E-state index is 11.9. The van der Waals surface area contributed by atoms with Crippen LogP contribution in [0, 0.1) is 0 Å². The second-order valence-corrected chi connectivity index (χ2v) is 6.63. The topological polar surface area (TPSA) is 54.5 Å². The molecule has 0 bridgehead atoms. The van der Waals surface area contributed by atoms with E-state index in [1.807, 2.05) is 6.92 Å². The van der Waals surface area contributed by atoms with Gasteiger partial charge in [-0.25, -0.2) is 8.51 Å². The fourth-order valence-corrected chi connectivity index (χ4v) is 4.06. The highest BCUT2D eigenvalue weighted by molar-refractivity contribution is 8.68. The Morgan fingerprint density at radius 2 is 1.71 bits per heavy atom. The summed E-state index contributed by atoms with van der Waals surface area (Å²) < 4.78 is 12.6. The largest absolute Gasteiger partial charge is 0.272 e. The summed E-state index contributed by atoms with van der Waals surface area (Å²) in [6.45, 7) is 1.90. The average molecular weight is 269 g/mol. The minimum Gasteiger partial charge on any atom is -0.268 e. The molecule has 0 aromatic heterocycles. The van der Waals surface area contributed by atoms with Crippen molar-refractivity contribution < 1.29 is 13.8 Å². The van der Waals surface area contributed by atoms with Crippen molar-refractivity contribution >= 4 is 32.6 Å². The number of hydrogen-bond donors (Lipinski definition) is 0. The Balaban J connectivity index is 2.22. The second kappa shape index (κ2) is 5.01. The first-order valence-corrected chi connectivity index (χ1v) is 7.80. The zero-order valence-electron chi connectivity index (χ0n) is 9.21. The normalized spacial score (nSPS) is 16.2. The van der Waals surface area contributed by atoms with Gasteiger partial charge in [-0.1, -0.05) is 19.1 Å². The summed E-state index contributed by atoms with van der Waals surface area (Å²) in [7, 11) is -0.428. The zero-order chi connectivity index (χ0) is 12.4. The summed E-state index contributed by atoms with van der Waals surface area (Å²) in [6, 6.07) is 6.64. The predicted molar refractivity (Wildman–Crippen MR) is 67.8 cm³/mol. The highest BCUT2D eigenvalue weighted by atomic mass is 33.1. The van der Waals surface area contributed by atoms with Gasteiger partial charge in [-0.05, 0) is 18.6 Å². The Morgan fingerprint density at radius 3 is 2.18 bits per heavy atom. The van der Waals surface area contributed by atoms with E-state index in [9.17, 15) is 13.8 Å². The lowest BCUT2D eigenvalue weighted by molar-refractivity contribution is 0.0778. The van der Waals surface area contributed by atoms with Crippen LogP contribution in [0.4, 0.5) is 0 Å². The van der Waals surface area contributed by atoms with E-state index in [1.54, 1.807) is 24.3 Å². The number of carbonyl (C=O) groups is 2. The number of nitrogens with zero attached hydrogens (tertiary/aromatic N) is 1. The van der Waals surface area contributed by atoms with Crippen LogP contribution in [0.1, 0.15) is 34.1 Å². The van der Waals surface area contributed by atoms with Crippen molar-refractivity contribution in [3.63, 3.8) is 0 Å². The van der Waals surface area contributed by atoms with E-state index in [0.717, 1.165) is 21.7 Å². The average Bonchev–Trinajstić information content (AvgIpc) is 2.56. The molecular formula is C11H11NO3S2. The summed E-state index contributed by atoms with van der Waals surface area (Å²) in [5, 5.41) is 0. The smallest absolute Gasteiger partial charge is 0.268 e. The summed E-state index contributed by atoms with van der Waals surface area (Å²) in [4.78, 5) is 23.8. The molecule has 1 aromatic rings. The molecule has 1 atom stereocenters. The van der Waals surface area contributed by atoms with Crippen molar-refractivity contribution in [3.8, 4) is 0 Å². The molecule has 4 nitrogen and oxygen atoms in total. The summed E-state index contributed by atoms with van der Waals surface area (Å²) >= 11 is 0. The predicted octanol–water partition coefficient (Wildman–Crippen LogP) is 2.00. The number of benzene rings is 1. The molecule has 1 heterocycles. The van der Waals surface area contributed by atoms with Crippen molar-refractivity contribution in [2.75, 3.05) is 5.75 Å². The molecule has 2 amide bonds. The Hall–Kier alpha value is -1.14. The lowest BCUT2D eigenvalue weighted by Crippen LogP contribution is -2.23. The van der Waals surface area contributed by atoms with E-state index in [2.05, 4.69) is 0 Å². The SMILES string of the molecule is CCCS(=O)SN1C(=O)c2ccccc2C1=O. The van der Waals surface area contributed by atoms with Gasteiger partial charge >= 0.3 is 0 Å². The molecule has 0 aliphatic carbocycles. The number of carbonyl (C=O) groups excluding carboxylic acids is 2. The number of hydrogen-bond acceptors (Lipinski definition) is 4. The zero-order valence-corrected chi connectivity index (χ0v) is 10.8. The fraction of sp³-hybridized carbons (Fsp3) is 0.273. The van der Waals surface area contributed by atoms with Gasteiger partial charge in [0.05, 0.1) is 22.1 Å². The number of fused-ring (bicyclic) bond motifs is 1. The first-order valence-electron chi connectivity index (χ1n) is 5.19. The number of imide groups is 1. The molecule has 0 saturated heterocycles. The van der Waals surface area contributed by atoms with Crippen molar-refractivity contribution in [1.82, 2.24) is 4.31 Å². The molecule has 6 heteroatoms. The highest BCUT2D eigenvalue weighted by Gasteiger charge is 2.37. The Kier molecular flexibility index (Phi) is 3.63. The van der Waals surface area contributed by atoms with Crippen LogP contribution in [0.3, 0.4) is 0 Å². The van der Waals surface area contributed by atoms with E-state index in [-0.39, 0.29) is 11.8 Å². The fourth-order valence-electron chi connectivity index (χ4n) is 1.52. The molecule has 0 fully saturated rings. The monoisotopic (exact) mass is 269 g/mol. The van der Waals surface area contributed by atoms with Gasteiger partial charge < -0.3 is 0 Å². The summed E-state index contributed by atoms with van der Waals surface area (Å²) in [5.74, 6) is -0.280. The second-order valence-electron chi connectivity index (χ2n) is 3.53. The van der Waals surface area contributed by atoms with Crippen LogP contribution in [0.5, 0.6) is 0 Å². The number of amides is 2. The third kappa shape index (κ3) is 2.28. The molecule has 1 aromatic carbocycles. The molecule has 1 unspecified atom stereocenters. The first-order chi connectivity index (χ1) is 8.15. The van der Waals surface area contributed by atoms with Gasteiger partial charge in [0.25, 0.3) is 11.8 Å². The standard InChI is InChI=1S/C11H11NO3S2/c1-2-7-17(15)16-12-10(13)8-5-3-4-6-9(8)11(12)14/h3-6H,2,7H2,1H3. The molecule has 1 aliphatic rings. The van der Waals surface area contributed by atoms with Crippen LogP contribution in [-0.4, -0.2) is 26.1 Å². The third-order valence-corrected chi connectivity index (χ3v) is 5.12. The van der Waals surface area contributed by atoms with Gasteiger partial charge in [0, 0.05) is 5.75 Å². The number of rotatable bonds is 4. The highest BCUT2D eigenvalue weighted by Crippen LogP contribution is 2.29. The summed E-state index contributed by atoms with van der Waals surface area (Å²) in [6.07, 6.45) is 0.753. The Bertz CT molecular complexity index is 466. The van der Waals surface area contributed by atoms with Crippen LogP contribution >= 0.6 is 11.0 Å². The molecule has 0 N–H and O–H groups in total. The Labute approximate surface area is 105 Å². The van der Waals surface area contributed by atoms with Crippen LogP contribution < -0.4 is 0 Å². The van der Waals surface area contributed by atoms with Crippen LogP contribution in [-0.2, 0) is 9.83 Å². The quantitative estimate of drug-likeness (QED) is 0.476.